The van der Waals surface area contributed by atoms with Crippen LogP contribution in [0.15, 0.2) is 0 Å². The SMILES string of the molecule is CC(C)(C)P(=[N-])(C(C)(C)C)C(C)(C)C.CC(C)(C)P(=[N-])(C(C)(C)C)C(C)(C)C.[Br][Fe+][Br].[Br][Fe+][Br]. The van der Waals surface area contributed by atoms with Gasteiger partial charge >= 0.3 is 79.1 Å². The third-order valence-corrected chi connectivity index (χ3v) is 17.5. The minimum atomic E-state index is -2.02. The third-order valence-electron chi connectivity index (χ3n) is 5.82. The van der Waals surface area contributed by atoms with Gasteiger partial charge in [-0.3, -0.25) is 0 Å². The zero-order valence-corrected chi connectivity index (χ0v) is 35.3. The van der Waals surface area contributed by atoms with Gasteiger partial charge in [0.2, 0.25) is 0 Å². The number of rotatable bonds is 0. The van der Waals surface area contributed by atoms with Gasteiger partial charge in [-0.05, 0) is 30.9 Å². The topological polar surface area (TPSA) is 44.6 Å². The van der Waals surface area contributed by atoms with Crippen LogP contribution in [0.5, 0.6) is 0 Å². The summed E-state index contributed by atoms with van der Waals surface area (Å²) in [7, 11) is -4.04. The zero-order chi connectivity index (χ0) is 29.4. The molecule has 0 aliphatic carbocycles. The summed E-state index contributed by atoms with van der Waals surface area (Å²) in [5.74, 6) is 0. The average Bonchev–Trinajstić information content (AvgIpc) is 2.49. The Morgan fingerprint density at radius 2 is 0.412 bits per heavy atom. The molecule has 0 aromatic carbocycles. The summed E-state index contributed by atoms with van der Waals surface area (Å²) in [4.78, 5) is 0. The van der Waals surface area contributed by atoms with Gasteiger partial charge in [0.1, 0.15) is 0 Å². The first-order valence-electron chi connectivity index (χ1n) is 11.3. The van der Waals surface area contributed by atoms with Gasteiger partial charge in [-0.25, -0.2) is 14.1 Å². The second kappa shape index (κ2) is 16.0. The Morgan fingerprint density at radius 3 is 0.412 bits per heavy atom. The number of hydrogen-bond acceptors (Lipinski definition) is 0. The molecule has 0 aromatic rings. The number of halogens is 4. The third kappa shape index (κ3) is 12.7. The van der Waals surface area contributed by atoms with Crippen LogP contribution < -0.4 is 0 Å². The van der Waals surface area contributed by atoms with E-state index in [0.29, 0.717) is 0 Å². The van der Waals surface area contributed by atoms with E-state index in [2.05, 4.69) is 181 Å². The molecular weight excluding hydrogens is 810 g/mol. The Hall–Kier alpha value is 3.42. The summed E-state index contributed by atoms with van der Waals surface area (Å²) in [5, 5.41) is 22.2. The van der Waals surface area contributed by atoms with E-state index in [4.69, 9.17) is 0 Å². The second-order valence-corrected chi connectivity index (χ2v) is 36.1. The van der Waals surface area contributed by atoms with Crippen molar-refractivity contribution in [3.8, 4) is 0 Å². The van der Waals surface area contributed by atoms with E-state index in [0.717, 1.165) is 22.7 Å². The van der Waals surface area contributed by atoms with Gasteiger partial charge in [-0.15, -0.1) is 0 Å². The van der Waals surface area contributed by atoms with Crippen LogP contribution in [0.1, 0.15) is 125 Å². The minimum absolute atomic E-state index is 0.0104. The van der Waals surface area contributed by atoms with Crippen molar-refractivity contribution < 1.29 is 22.7 Å². The molecule has 0 unspecified atom stereocenters. The van der Waals surface area contributed by atoms with Gasteiger partial charge in [0.15, 0.2) is 0 Å². The van der Waals surface area contributed by atoms with Crippen molar-refractivity contribution >= 4 is 70.5 Å². The summed E-state index contributed by atoms with van der Waals surface area (Å²) in [6, 6.07) is 0. The van der Waals surface area contributed by atoms with Crippen LogP contribution in [0.3, 0.4) is 0 Å². The Balaban J connectivity index is -0.000000214. The Bertz CT molecular complexity index is 516. The van der Waals surface area contributed by atoms with Crippen molar-refractivity contribution in [3.63, 3.8) is 0 Å². The molecule has 0 saturated heterocycles. The molecule has 0 N–H and O–H groups in total. The van der Waals surface area contributed by atoms with Crippen molar-refractivity contribution in [2.75, 3.05) is 0 Å². The summed E-state index contributed by atoms with van der Waals surface area (Å²) < 4.78 is 0. The van der Waals surface area contributed by atoms with Gasteiger partial charge in [0.05, 0.1) is 0 Å². The van der Waals surface area contributed by atoms with Crippen LogP contribution in [0.2, 0.25) is 0 Å². The second-order valence-electron chi connectivity index (χ2n) is 14.4. The van der Waals surface area contributed by atoms with Crippen molar-refractivity contribution in [3.05, 3.63) is 10.3 Å². The molecule has 0 atom stereocenters. The molecule has 0 aliphatic rings. The van der Waals surface area contributed by atoms with E-state index >= 15 is 0 Å². The van der Waals surface area contributed by atoms with Crippen LogP contribution >= 0.6 is 70.5 Å². The summed E-state index contributed by atoms with van der Waals surface area (Å²) in [6.45, 7) is 39.0. The average molecular weight is 864 g/mol. The van der Waals surface area contributed by atoms with E-state index in [1.807, 2.05) is 0 Å². The molecule has 0 aromatic heterocycles. The van der Waals surface area contributed by atoms with Gasteiger partial charge in [0, 0.05) is 0 Å². The van der Waals surface area contributed by atoms with Crippen LogP contribution in [-0.4, -0.2) is 30.9 Å². The van der Waals surface area contributed by atoms with E-state index in [1.54, 1.807) is 0 Å². The maximum absolute atomic E-state index is 11.1. The van der Waals surface area contributed by atoms with Gasteiger partial charge in [0.25, 0.3) is 0 Å². The van der Waals surface area contributed by atoms with E-state index in [1.165, 1.54) is 0 Å². The molecule has 0 radical (unpaired) electrons. The Labute approximate surface area is 256 Å². The first-order chi connectivity index (χ1) is 14.3. The van der Waals surface area contributed by atoms with Gasteiger partial charge in [-0.1, -0.05) is 125 Å². The van der Waals surface area contributed by atoms with Crippen molar-refractivity contribution in [2.45, 2.75) is 156 Å². The van der Waals surface area contributed by atoms with Crippen LogP contribution in [-0.2, 0) is 22.7 Å². The fourth-order valence-corrected chi connectivity index (χ4v) is 18.1. The summed E-state index contributed by atoms with van der Waals surface area (Å²) in [6.07, 6.45) is 0. The first kappa shape index (κ1) is 44.4. The summed E-state index contributed by atoms with van der Waals surface area (Å²) in [5.41, 5.74) is 0. The quantitative estimate of drug-likeness (QED) is 0.172. The van der Waals surface area contributed by atoms with Crippen molar-refractivity contribution in [2.24, 2.45) is 0 Å². The van der Waals surface area contributed by atoms with Crippen LogP contribution in [0.25, 0.3) is 10.3 Å². The molecule has 0 amide bonds. The predicted molar refractivity (Wildman–Crippen MR) is 175 cm³/mol. The van der Waals surface area contributed by atoms with Crippen molar-refractivity contribution in [1.82, 2.24) is 0 Å². The molecule has 0 rings (SSSR count). The van der Waals surface area contributed by atoms with E-state index in [9.17, 15) is 10.3 Å². The molecule has 0 saturated carbocycles. The number of hydrogen-bond donors (Lipinski definition) is 0. The molecule has 0 bridgehead atoms. The van der Waals surface area contributed by atoms with Crippen molar-refractivity contribution in [1.29, 1.82) is 0 Å². The standard InChI is InChI=1S/2C12H27NP.4BrH.2Fe/c2*1-10(2,3)14(13,11(4,5)6)12(7,8)9;;;;;;/h2*1-9H3;4*1H;;/q2*-1;;;;;2*+3/p-4. The molecule has 2 nitrogen and oxygen atoms in total. The fraction of sp³-hybridized carbons (Fsp3) is 1.00. The van der Waals surface area contributed by atoms with Crippen LogP contribution in [0, 0.1) is 0 Å². The first-order valence-corrected chi connectivity index (χ1v) is 25.7. The monoisotopic (exact) mass is 860 g/mol. The van der Waals surface area contributed by atoms with Crippen LogP contribution in [0.4, 0.5) is 0 Å². The molecule has 0 spiro atoms. The summed E-state index contributed by atoms with van der Waals surface area (Å²) >= 11 is 14.0. The zero-order valence-electron chi connectivity index (χ0n) is 25.0. The molecular formula is C24H54Br4Fe2N2P2. The van der Waals surface area contributed by atoms with E-state index in [-0.39, 0.29) is 30.9 Å². The maximum atomic E-state index is 11.1. The molecule has 10 heteroatoms. The molecule has 0 fully saturated rings. The number of nitrogens with zero attached hydrogens (tertiary/aromatic N) is 2. The van der Waals surface area contributed by atoms with Gasteiger partial charge in [-0.2, -0.15) is 0 Å². The van der Waals surface area contributed by atoms with Gasteiger partial charge < -0.3 is 10.3 Å². The predicted octanol–water partition coefficient (Wildman–Crippen LogP) is 13.7. The normalized spacial score (nSPS) is 14.1. The molecule has 0 heterocycles. The Kier molecular flexibility index (Phi) is 20.9. The molecule has 214 valence electrons. The molecule has 0 aliphatic heterocycles. The van der Waals surface area contributed by atoms with E-state index < -0.39 is 14.1 Å². The fourth-order valence-electron chi connectivity index (χ4n) is 6.04. The Morgan fingerprint density at radius 1 is 0.353 bits per heavy atom. The molecule has 34 heavy (non-hydrogen) atoms.